The highest BCUT2D eigenvalue weighted by atomic mass is 79.9. The van der Waals surface area contributed by atoms with Gasteiger partial charge in [0.2, 0.25) is 0 Å². The molecule has 0 unspecified atom stereocenters. The van der Waals surface area contributed by atoms with Crippen molar-refractivity contribution in [1.82, 2.24) is 0 Å². The lowest BCUT2D eigenvalue weighted by molar-refractivity contribution is 0.199. The molecular weight excluding hydrogens is 232 g/mol. The fourth-order valence-corrected chi connectivity index (χ4v) is 1.88. The monoisotopic (exact) mass is 240 g/mol. The second-order valence-corrected chi connectivity index (χ2v) is 3.93. The van der Waals surface area contributed by atoms with E-state index in [4.69, 9.17) is 4.42 Å². The van der Waals surface area contributed by atoms with Crippen LogP contribution in [0.2, 0.25) is 0 Å². The lowest BCUT2D eigenvalue weighted by atomic mass is 10.1. The summed E-state index contributed by atoms with van der Waals surface area (Å²) in [5, 5.41) is 10.5. The van der Waals surface area contributed by atoms with Gasteiger partial charge >= 0.3 is 0 Å². The summed E-state index contributed by atoms with van der Waals surface area (Å²) in [5.41, 5.74) is 1.58. The summed E-state index contributed by atoms with van der Waals surface area (Å²) in [4.78, 5) is 0. The van der Waals surface area contributed by atoms with Crippen LogP contribution < -0.4 is 0 Å². The van der Waals surface area contributed by atoms with E-state index in [1.165, 1.54) is 0 Å². The van der Waals surface area contributed by atoms with Gasteiger partial charge in [0.15, 0.2) is 0 Å². The predicted octanol–water partition coefficient (Wildman–Crippen LogP) is 3.25. The Labute approximate surface area is 84.3 Å². The van der Waals surface area contributed by atoms with Crippen molar-refractivity contribution in [3.8, 4) is 0 Å². The normalized spacial score (nSPS) is 13.5. The van der Waals surface area contributed by atoms with Crippen LogP contribution in [0.4, 0.5) is 0 Å². The highest BCUT2D eigenvalue weighted by molar-refractivity contribution is 9.10. The molecule has 13 heavy (non-hydrogen) atoms. The standard InChI is InChI=1S/C10H9BrO2/c1-6(12)9-5-8(11)4-7-2-3-13-10(7)9/h2-6,12H,1H3/t6-/m1/s1. The van der Waals surface area contributed by atoms with Gasteiger partial charge in [-0.25, -0.2) is 0 Å². The van der Waals surface area contributed by atoms with E-state index < -0.39 is 6.10 Å². The first-order valence-electron chi connectivity index (χ1n) is 4.03. The molecule has 0 fully saturated rings. The number of benzene rings is 1. The smallest absolute Gasteiger partial charge is 0.139 e. The molecule has 0 saturated heterocycles. The summed E-state index contributed by atoms with van der Waals surface area (Å²) < 4.78 is 6.24. The number of hydrogen-bond acceptors (Lipinski definition) is 2. The molecule has 3 heteroatoms. The van der Waals surface area contributed by atoms with E-state index in [-0.39, 0.29) is 0 Å². The Morgan fingerprint density at radius 3 is 2.92 bits per heavy atom. The second-order valence-electron chi connectivity index (χ2n) is 3.01. The van der Waals surface area contributed by atoms with Gasteiger partial charge in [0, 0.05) is 15.4 Å². The summed E-state index contributed by atoms with van der Waals surface area (Å²) in [6.07, 6.45) is 1.12. The minimum Gasteiger partial charge on any atom is -0.464 e. The fourth-order valence-electron chi connectivity index (χ4n) is 1.38. The van der Waals surface area contributed by atoms with Crippen molar-refractivity contribution in [1.29, 1.82) is 0 Å². The van der Waals surface area contributed by atoms with Gasteiger partial charge in [0.25, 0.3) is 0 Å². The first-order chi connectivity index (χ1) is 6.18. The van der Waals surface area contributed by atoms with Gasteiger partial charge in [-0.1, -0.05) is 15.9 Å². The van der Waals surface area contributed by atoms with Crippen molar-refractivity contribution in [2.45, 2.75) is 13.0 Å². The molecule has 1 N–H and O–H groups in total. The Morgan fingerprint density at radius 2 is 2.23 bits per heavy atom. The lowest BCUT2D eigenvalue weighted by Crippen LogP contribution is -1.91. The molecule has 2 rings (SSSR count). The molecule has 2 nitrogen and oxygen atoms in total. The molecule has 0 spiro atoms. The molecule has 0 aliphatic rings. The van der Waals surface area contributed by atoms with Gasteiger partial charge in [-0.05, 0) is 25.1 Å². The fraction of sp³-hybridized carbons (Fsp3) is 0.200. The number of aliphatic hydroxyl groups excluding tert-OH is 1. The quantitative estimate of drug-likeness (QED) is 0.831. The molecule has 1 aromatic heterocycles. The van der Waals surface area contributed by atoms with E-state index in [2.05, 4.69) is 15.9 Å². The van der Waals surface area contributed by atoms with Crippen LogP contribution in [-0.4, -0.2) is 5.11 Å². The van der Waals surface area contributed by atoms with Crippen molar-refractivity contribution >= 4 is 26.9 Å². The maximum Gasteiger partial charge on any atom is 0.139 e. The minimum absolute atomic E-state index is 0.508. The van der Waals surface area contributed by atoms with Gasteiger partial charge < -0.3 is 9.52 Å². The molecule has 0 radical (unpaired) electrons. The average Bonchev–Trinajstić information content (AvgIpc) is 2.49. The summed E-state index contributed by atoms with van der Waals surface area (Å²) in [6, 6.07) is 5.72. The molecule has 1 aromatic carbocycles. The van der Waals surface area contributed by atoms with Crippen molar-refractivity contribution in [3.63, 3.8) is 0 Å². The number of furan rings is 1. The number of hydrogen-bond donors (Lipinski definition) is 1. The molecular formula is C10H9BrO2. The van der Waals surface area contributed by atoms with Crippen LogP contribution in [0, 0.1) is 0 Å². The van der Waals surface area contributed by atoms with Crippen molar-refractivity contribution in [2.75, 3.05) is 0 Å². The van der Waals surface area contributed by atoms with Gasteiger partial charge in [-0.15, -0.1) is 0 Å². The SMILES string of the molecule is C[C@@H](O)c1cc(Br)cc2ccoc12. The number of rotatable bonds is 1. The van der Waals surface area contributed by atoms with Gasteiger partial charge in [-0.3, -0.25) is 0 Å². The van der Waals surface area contributed by atoms with Crippen molar-refractivity contribution < 1.29 is 9.52 Å². The Morgan fingerprint density at radius 1 is 1.46 bits per heavy atom. The minimum atomic E-state index is -0.508. The zero-order valence-corrected chi connectivity index (χ0v) is 8.71. The maximum atomic E-state index is 9.48. The molecule has 2 aromatic rings. The van der Waals surface area contributed by atoms with Crippen LogP contribution in [0.25, 0.3) is 11.0 Å². The third-order valence-electron chi connectivity index (χ3n) is 1.99. The molecule has 0 aliphatic carbocycles. The Balaban J connectivity index is 2.77. The molecule has 1 heterocycles. The van der Waals surface area contributed by atoms with Crippen LogP contribution in [0.3, 0.4) is 0 Å². The summed E-state index contributed by atoms with van der Waals surface area (Å²) in [6.45, 7) is 1.73. The second kappa shape index (κ2) is 3.16. The zero-order valence-electron chi connectivity index (χ0n) is 7.12. The third kappa shape index (κ3) is 1.49. The number of aliphatic hydroxyl groups is 1. The summed E-state index contributed by atoms with van der Waals surface area (Å²) in [5.74, 6) is 0. The van der Waals surface area contributed by atoms with Crippen molar-refractivity contribution in [3.05, 3.63) is 34.5 Å². The molecule has 68 valence electrons. The van der Waals surface area contributed by atoms with E-state index >= 15 is 0 Å². The summed E-state index contributed by atoms with van der Waals surface area (Å²) >= 11 is 3.38. The Hall–Kier alpha value is -0.800. The lowest BCUT2D eigenvalue weighted by Gasteiger charge is -2.05. The third-order valence-corrected chi connectivity index (χ3v) is 2.45. The largest absolute Gasteiger partial charge is 0.464 e. The topological polar surface area (TPSA) is 33.4 Å². The van der Waals surface area contributed by atoms with E-state index in [1.807, 2.05) is 18.2 Å². The number of halogens is 1. The maximum absolute atomic E-state index is 9.48. The van der Waals surface area contributed by atoms with Crippen LogP contribution in [0.5, 0.6) is 0 Å². The van der Waals surface area contributed by atoms with Crippen molar-refractivity contribution in [2.24, 2.45) is 0 Å². The van der Waals surface area contributed by atoms with Gasteiger partial charge in [0.1, 0.15) is 5.58 Å². The predicted molar refractivity (Wildman–Crippen MR) is 54.5 cm³/mol. The Bertz CT molecular complexity index is 431. The van der Waals surface area contributed by atoms with E-state index in [0.29, 0.717) is 0 Å². The zero-order chi connectivity index (χ0) is 9.42. The molecule has 1 atom stereocenters. The first-order valence-corrected chi connectivity index (χ1v) is 4.82. The number of fused-ring (bicyclic) bond motifs is 1. The Kier molecular flexibility index (Phi) is 2.14. The molecule has 0 amide bonds. The van der Waals surface area contributed by atoms with E-state index in [1.54, 1.807) is 13.2 Å². The van der Waals surface area contributed by atoms with Crippen LogP contribution in [0.1, 0.15) is 18.6 Å². The van der Waals surface area contributed by atoms with Crippen LogP contribution in [0.15, 0.2) is 33.4 Å². The van der Waals surface area contributed by atoms with Crippen LogP contribution in [-0.2, 0) is 0 Å². The first kappa shape index (κ1) is 8.78. The van der Waals surface area contributed by atoms with Gasteiger partial charge in [-0.2, -0.15) is 0 Å². The van der Waals surface area contributed by atoms with E-state index in [9.17, 15) is 5.11 Å². The van der Waals surface area contributed by atoms with Crippen LogP contribution >= 0.6 is 15.9 Å². The van der Waals surface area contributed by atoms with E-state index in [0.717, 1.165) is 21.0 Å². The summed E-state index contributed by atoms with van der Waals surface area (Å²) in [7, 11) is 0. The molecule has 0 bridgehead atoms. The molecule has 0 aliphatic heterocycles. The molecule has 0 saturated carbocycles. The van der Waals surface area contributed by atoms with Gasteiger partial charge in [0.05, 0.1) is 12.4 Å². The highest BCUT2D eigenvalue weighted by Gasteiger charge is 2.10. The highest BCUT2D eigenvalue weighted by Crippen LogP contribution is 2.29. The average molecular weight is 241 g/mol.